The Morgan fingerprint density at radius 3 is 2.56 bits per heavy atom. The third kappa shape index (κ3) is 2.54. The fourth-order valence-electron chi connectivity index (χ4n) is 1.70. The molecule has 0 saturated carbocycles. The molecule has 1 amide bonds. The number of aromatic nitrogens is 2. The average Bonchev–Trinajstić information content (AvgIpc) is 2.59. The van der Waals surface area contributed by atoms with E-state index in [4.69, 9.17) is 0 Å². The minimum absolute atomic E-state index is 0. The van der Waals surface area contributed by atoms with Gasteiger partial charge in [0.25, 0.3) is 5.91 Å². The molecule has 0 unspecified atom stereocenters. The highest BCUT2D eigenvalue weighted by molar-refractivity contribution is 5.92. The molecule has 0 aromatic carbocycles. The molecule has 1 saturated heterocycles. The molecule has 0 bridgehead atoms. The van der Waals surface area contributed by atoms with E-state index in [2.05, 4.69) is 10.4 Å². The summed E-state index contributed by atoms with van der Waals surface area (Å²) in [5.41, 5.74) is 1.56. The number of piperazine rings is 1. The van der Waals surface area contributed by atoms with E-state index in [-0.39, 0.29) is 18.3 Å². The number of halogens is 1. The standard InChI is InChI=1S/C10H16N4O.ClH/c1-8-7-9(12-13(8)2)10(15)14-5-3-11-4-6-14;/h7,11H,3-6H2,1-2H3;1H. The Kier molecular flexibility index (Phi) is 4.32. The lowest BCUT2D eigenvalue weighted by molar-refractivity contribution is 0.0729. The van der Waals surface area contributed by atoms with E-state index in [1.54, 1.807) is 4.68 Å². The van der Waals surface area contributed by atoms with E-state index in [1.165, 1.54) is 0 Å². The molecule has 1 N–H and O–H groups in total. The number of nitrogens with one attached hydrogen (secondary N) is 1. The van der Waals surface area contributed by atoms with Crippen LogP contribution in [0.1, 0.15) is 16.2 Å². The first-order chi connectivity index (χ1) is 7.18. The van der Waals surface area contributed by atoms with E-state index in [9.17, 15) is 4.79 Å². The van der Waals surface area contributed by atoms with Crippen LogP contribution in [-0.4, -0.2) is 46.8 Å². The van der Waals surface area contributed by atoms with Gasteiger partial charge in [-0.3, -0.25) is 9.48 Å². The third-order valence-electron chi connectivity index (χ3n) is 2.74. The molecule has 90 valence electrons. The highest BCUT2D eigenvalue weighted by atomic mass is 35.5. The fourth-order valence-corrected chi connectivity index (χ4v) is 1.70. The van der Waals surface area contributed by atoms with Crippen molar-refractivity contribution < 1.29 is 4.79 Å². The molecule has 0 spiro atoms. The molecule has 2 rings (SSSR count). The van der Waals surface area contributed by atoms with Crippen LogP contribution in [0.2, 0.25) is 0 Å². The number of carbonyl (C=O) groups is 1. The number of rotatable bonds is 1. The summed E-state index contributed by atoms with van der Waals surface area (Å²) in [7, 11) is 1.85. The molecule has 1 aromatic heterocycles. The molecule has 5 nitrogen and oxygen atoms in total. The highest BCUT2D eigenvalue weighted by Gasteiger charge is 2.20. The van der Waals surface area contributed by atoms with E-state index < -0.39 is 0 Å². The van der Waals surface area contributed by atoms with Crippen LogP contribution in [0.15, 0.2) is 6.07 Å². The quantitative estimate of drug-likeness (QED) is 0.768. The number of carbonyl (C=O) groups excluding carboxylic acids is 1. The van der Waals surface area contributed by atoms with Crippen LogP contribution in [-0.2, 0) is 7.05 Å². The van der Waals surface area contributed by atoms with Crippen molar-refractivity contribution in [3.05, 3.63) is 17.5 Å². The number of aryl methyl sites for hydroxylation is 2. The van der Waals surface area contributed by atoms with Gasteiger partial charge in [0.15, 0.2) is 5.69 Å². The second-order valence-electron chi connectivity index (χ2n) is 3.84. The molecular formula is C10H17ClN4O. The number of hydrogen-bond donors (Lipinski definition) is 1. The molecule has 1 aliphatic rings. The number of amides is 1. The molecule has 1 aliphatic heterocycles. The first-order valence-electron chi connectivity index (χ1n) is 5.19. The normalized spacial score (nSPS) is 15.8. The van der Waals surface area contributed by atoms with Crippen molar-refractivity contribution >= 4 is 18.3 Å². The lowest BCUT2D eigenvalue weighted by Crippen LogP contribution is -2.46. The van der Waals surface area contributed by atoms with Gasteiger partial charge < -0.3 is 10.2 Å². The summed E-state index contributed by atoms with van der Waals surface area (Å²) in [5, 5.41) is 7.41. The maximum atomic E-state index is 12.0. The summed E-state index contributed by atoms with van der Waals surface area (Å²) in [5.74, 6) is 0.0419. The van der Waals surface area contributed by atoms with Gasteiger partial charge >= 0.3 is 0 Å². The van der Waals surface area contributed by atoms with Gasteiger partial charge in [0.1, 0.15) is 0 Å². The van der Waals surface area contributed by atoms with Crippen molar-refractivity contribution in [3.8, 4) is 0 Å². The average molecular weight is 245 g/mol. The van der Waals surface area contributed by atoms with Gasteiger partial charge in [-0.05, 0) is 13.0 Å². The Hall–Kier alpha value is -1.07. The molecule has 0 aliphatic carbocycles. The predicted octanol–water partition coefficient (Wildman–Crippen LogP) is 0.196. The second kappa shape index (κ2) is 5.32. The summed E-state index contributed by atoms with van der Waals surface area (Å²) in [6.45, 7) is 5.24. The van der Waals surface area contributed by atoms with Gasteiger partial charge in [0.05, 0.1) is 0 Å². The largest absolute Gasteiger partial charge is 0.335 e. The molecule has 0 radical (unpaired) electrons. The number of nitrogens with zero attached hydrogens (tertiary/aromatic N) is 3. The Labute approximate surface area is 101 Å². The fraction of sp³-hybridized carbons (Fsp3) is 0.600. The minimum atomic E-state index is 0. The molecule has 0 atom stereocenters. The topological polar surface area (TPSA) is 50.2 Å². The molecular weight excluding hydrogens is 228 g/mol. The summed E-state index contributed by atoms with van der Waals surface area (Å²) in [6.07, 6.45) is 0. The number of hydrogen-bond acceptors (Lipinski definition) is 3. The monoisotopic (exact) mass is 244 g/mol. The Bertz CT molecular complexity index is 351. The van der Waals surface area contributed by atoms with Crippen LogP contribution in [0.3, 0.4) is 0 Å². The molecule has 1 aromatic rings. The zero-order chi connectivity index (χ0) is 10.8. The van der Waals surface area contributed by atoms with E-state index >= 15 is 0 Å². The van der Waals surface area contributed by atoms with Crippen LogP contribution < -0.4 is 5.32 Å². The van der Waals surface area contributed by atoms with Crippen LogP contribution in [0.5, 0.6) is 0 Å². The van der Waals surface area contributed by atoms with Crippen molar-refractivity contribution in [3.63, 3.8) is 0 Å². The van der Waals surface area contributed by atoms with Gasteiger partial charge in [-0.2, -0.15) is 5.10 Å². The minimum Gasteiger partial charge on any atom is -0.335 e. The summed E-state index contributed by atoms with van der Waals surface area (Å²) < 4.78 is 1.73. The summed E-state index contributed by atoms with van der Waals surface area (Å²) in [4.78, 5) is 13.8. The van der Waals surface area contributed by atoms with Gasteiger partial charge in [-0.1, -0.05) is 0 Å². The van der Waals surface area contributed by atoms with Crippen LogP contribution in [0.4, 0.5) is 0 Å². The van der Waals surface area contributed by atoms with Crippen molar-refractivity contribution in [2.75, 3.05) is 26.2 Å². The zero-order valence-electron chi connectivity index (χ0n) is 9.56. The molecule has 2 heterocycles. The van der Waals surface area contributed by atoms with Crippen molar-refractivity contribution in [1.29, 1.82) is 0 Å². The SMILES string of the molecule is Cc1cc(C(=O)N2CCNCC2)nn1C.Cl. The molecule has 16 heavy (non-hydrogen) atoms. The Balaban J connectivity index is 0.00000128. The van der Waals surface area contributed by atoms with Gasteiger partial charge in [0, 0.05) is 38.9 Å². The molecule has 1 fully saturated rings. The maximum Gasteiger partial charge on any atom is 0.274 e. The second-order valence-corrected chi connectivity index (χ2v) is 3.84. The lowest BCUT2D eigenvalue weighted by atomic mass is 10.3. The third-order valence-corrected chi connectivity index (χ3v) is 2.74. The van der Waals surface area contributed by atoms with Crippen molar-refractivity contribution in [2.45, 2.75) is 6.92 Å². The van der Waals surface area contributed by atoms with Crippen molar-refractivity contribution in [1.82, 2.24) is 20.0 Å². The Morgan fingerprint density at radius 2 is 2.06 bits per heavy atom. The lowest BCUT2D eigenvalue weighted by Gasteiger charge is -2.26. The first kappa shape index (κ1) is 13.0. The van der Waals surface area contributed by atoms with E-state index in [0.29, 0.717) is 5.69 Å². The highest BCUT2D eigenvalue weighted by Crippen LogP contribution is 2.06. The predicted molar refractivity (Wildman–Crippen MR) is 64.0 cm³/mol. The summed E-state index contributed by atoms with van der Waals surface area (Å²) in [6, 6.07) is 1.84. The smallest absolute Gasteiger partial charge is 0.274 e. The van der Waals surface area contributed by atoms with E-state index in [1.807, 2.05) is 24.9 Å². The van der Waals surface area contributed by atoms with Gasteiger partial charge in [0.2, 0.25) is 0 Å². The van der Waals surface area contributed by atoms with Gasteiger partial charge in [-0.25, -0.2) is 0 Å². The Morgan fingerprint density at radius 1 is 1.44 bits per heavy atom. The summed E-state index contributed by atoms with van der Waals surface area (Å²) >= 11 is 0. The van der Waals surface area contributed by atoms with E-state index in [0.717, 1.165) is 31.9 Å². The first-order valence-corrected chi connectivity index (χ1v) is 5.19. The maximum absolute atomic E-state index is 12.0. The van der Waals surface area contributed by atoms with Gasteiger partial charge in [-0.15, -0.1) is 12.4 Å². The molecule has 6 heteroatoms. The van der Waals surface area contributed by atoms with Crippen LogP contribution in [0, 0.1) is 6.92 Å². The van der Waals surface area contributed by atoms with Crippen LogP contribution in [0.25, 0.3) is 0 Å². The zero-order valence-corrected chi connectivity index (χ0v) is 10.4. The van der Waals surface area contributed by atoms with Crippen molar-refractivity contribution in [2.24, 2.45) is 7.05 Å². The van der Waals surface area contributed by atoms with Crippen LogP contribution >= 0.6 is 12.4 Å².